The molecule has 0 radical (unpaired) electrons. The summed E-state index contributed by atoms with van der Waals surface area (Å²) in [5, 5.41) is 11.4. The van der Waals surface area contributed by atoms with Crippen LogP contribution in [0.15, 0.2) is 23.8 Å². The minimum atomic E-state index is -2.01. The lowest BCUT2D eigenvalue weighted by molar-refractivity contribution is -0.224. The molecule has 0 spiro atoms. The first-order valence-corrected chi connectivity index (χ1v) is 11.9. The summed E-state index contributed by atoms with van der Waals surface area (Å²) in [5.41, 5.74) is -4.88. The Morgan fingerprint density at radius 1 is 1.15 bits per heavy atom. The van der Waals surface area contributed by atoms with Crippen LogP contribution in [0.5, 0.6) is 0 Å². The van der Waals surface area contributed by atoms with Crippen molar-refractivity contribution < 1.29 is 33.4 Å². The first kappa shape index (κ1) is 24.0. The van der Waals surface area contributed by atoms with Crippen molar-refractivity contribution in [3.63, 3.8) is 0 Å². The molecule has 33 heavy (non-hydrogen) atoms. The molecule has 4 aliphatic rings. The van der Waals surface area contributed by atoms with E-state index in [9.17, 15) is 24.3 Å². The number of esters is 1. The highest BCUT2D eigenvalue weighted by atomic mass is 19.1. The summed E-state index contributed by atoms with van der Waals surface area (Å²) in [5.74, 6) is -2.10. The molecule has 0 amide bonds. The lowest BCUT2D eigenvalue weighted by atomic mass is 9.44. The average molecular weight is 461 g/mol. The van der Waals surface area contributed by atoms with Crippen molar-refractivity contribution in [3.05, 3.63) is 23.8 Å². The number of fused-ring (bicyclic) bond motifs is 5. The molecule has 3 saturated carbocycles. The maximum absolute atomic E-state index is 17.1. The number of halogens is 1. The zero-order chi connectivity index (χ0) is 24.4. The molecular formula is C26H33FO6. The van der Waals surface area contributed by atoms with Crippen LogP contribution in [0.1, 0.15) is 72.6 Å². The van der Waals surface area contributed by atoms with Crippen LogP contribution < -0.4 is 0 Å². The third-order valence-electron chi connectivity index (χ3n) is 9.23. The molecule has 4 rings (SSSR count). The molecule has 2 unspecified atom stereocenters. The smallest absolute Gasteiger partial charge is 0.303 e. The number of allylic oxidation sites excluding steroid dienone is 4. The van der Waals surface area contributed by atoms with E-state index in [4.69, 9.17) is 4.74 Å². The molecule has 7 heteroatoms. The highest BCUT2D eigenvalue weighted by Crippen LogP contribution is 2.70. The number of ether oxygens (including phenoxy) is 1. The number of carbonyl (C=O) groups excluding carboxylic acids is 4. The van der Waals surface area contributed by atoms with Crippen molar-refractivity contribution >= 4 is 23.3 Å². The SMILES string of the molecule is CC(=O)CCC(=O)[C@@]1(OC(C)=O)CCC2C3CCC4=CC(=O)C=C[C@]4(C)[C@@]3(F)[C@@H](O)C[C@@]21C. The summed E-state index contributed by atoms with van der Waals surface area (Å²) in [7, 11) is 0. The van der Waals surface area contributed by atoms with E-state index in [-0.39, 0.29) is 49.0 Å². The van der Waals surface area contributed by atoms with Crippen LogP contribution in [0.25, 0.3) is 0 Å². The molecule has 0 aromatic carbocycles. The Balaban J connectivity index is 1.78. The van der Waals surface area contributed by atoms with Gasteiger partial charge in [0, 0.05) is 36.5 Å². The topological polar surface area (TPSA) is 97.7 Å². The summed E-state index contributed by atoms with van der Waals surface area (Å²) >= 11 is 0. The van der Waals surface area contributed by atoms with Gasteiger partial charge in [-0.2, -0.15) is 0 Å². The highest BCUT2D eigenvalue weighted by Gasteiger charge is 2.75. The zero-order valence-electron chi connectivity index (χ0n) is 19.8. The van der Waals surface area contributed by atoms with Crippen molar-refractivity contribution in [1.82, 2.24) is 0 Å². The summed E-state index contributed by atoms with van der Waals surface area (Å²) in [6.07, 6.45) is 4.68. The van der Waals surface area contributed by atoms with Crippen LogP contribution in [-0.4, -0.2) is 45.8 Å². The molecule has 1 N–H and O–H groups in total. The monoisotopic (exact) mass is 460 g/mol. The number of hydrogen-bond acceptors (Lipinski definition) is 6. The Labute approximate surface area is 193 Å². The van der Waals surface area contributed by atoms with Crippen molar-refractivity contribution in [2.24, 2.45) is 22.7 Å². The van der Waals surface area contributed by atoms with Crippen molar-refractivity contribution in [1.29, 1.82) is 0 Å². The molecule has 6 nitrogen and oxygen atoms in total. The Bertz CT molecular complexity index is 983. The lowest BCUT2D eigenvalue weighted by Gasteiger charge is -2.62. The second-order valence-corrected chi connectivity index (χ2v) is 10.8. The van der Waals surface area contributed by atoms with Gasteiger partial charge in [0.15, 0.2) is 22.8 Å². The van der Waals surface area contributed by atoms with E-state index in [1.165, 1.54) is 26.0 Å². The van der Waals surface area contributed by atoms with Crippen LogP contribution in [0.2, 0.25) is 0 Å². The maximum atomic E-state index is 17.1. The van der Waals surface area contributed by atoms with Crippen LogP contribution in [-0.2, 0) is 23.9 Å². The molecule has 0 saturated heterocycles. The van der Waals surface area contributed by atoms with Gasteiger partial charge in [-0.25, -0.2) is 4.39 Å². The number of carbonyl (C=O) groups is 4. The number of aliphatic hydroxyl groups excluding tert-OH is 1. The Kier molecular flexibility index (Phi) is 5.59. The number of Topliss-reactive ketones (excluding diaryl/α,β-unsaturated/α-hetero) is 2. The standard InChI is InChI=1S/C26H33FO6/c1-15(28)5-8-21(31)25(33-16(2)29)12-10-19-20-7-6-17-13-18(30)9-11-23(17,3)26(20,27)22(32)14-24(19,25)4/h9,11,13,19-20,22,32H,5-8,10,12,14H2,1-4H3/t19?,20?,22-,23-,24-,25-,26-/m0/s1. The molecule has 0 heterocycles. The second-order valence-electron chi connectivity index (χ2n) is 10.8. The van der Waals surface area contributed by atoms with Gasteiger partial charge in [0.05, 0.1) is 6.10 Å². The number of hydrogen-bond donors (Lipinski definition) is 1. The van der Waals surface area contributed by atoms with Crippen LogP contribution in [0.3, 0.4) is 0 Å². The number of ketones is 3. The Morgan fingerprint density at radius 3 is 2.48 bits per heavy atom. The fraction of sp³-hybridized carbons (Fsp3) is 0.692. The molecule has 7 atom stereocenters. The van der Waals surface area contributed by atoms with E-state index in [0.717, 1.165) is 0 Å². The predicted octanol–water partition coefficient (Wildman–Crippen LogP) is 3.60. The van der Waals surface area contributed by atoms with Gasteiger partial charge in [0.1, 0.15) is 5.78 Å². The highest BCUT2D eigenvalue weighted by molar-refractivity contribution is 6.01. The van der Waals surface area contributed by atoms with Gasteiger partial charge in [-0.05, 0) is 64.0 Å². The van der Waals surface area contributed by atoms with E-state index in [2.05, 4.69) is 0 Å². The quantitative estimate of drug-likeness (QED) is 0.630. The third kappa shape index (κ3) is 3.14. The van der Waals surface area contributed by atoms with Crippen LogP contribution >= 0.6 is 0 Å². The minimum absolute atomic E-state index is 0.0472. The Hall–Kier alpha value is -2.15. The van der Waals surface area contributed by atoms with Gasteiger partial charge < -0.3 is 14.6 Å². The van der Waals surface area contributed by atoms with E-state index < -0.39 is 40.1 Å². The van der Waals surface area contributed by atoms with E-state index in [1.54, 1.807) is 13.0 Å². The molecule has 0 bridgehead atoms. The molecule has 3 fully saturated rings. The van der Waals surface area contributed by atoms with Gasteiger partial charge in [-0.3, -0.25) is 14.4 Å². The maximum Gasteiger partial charge on any atom is 0.303 e. The van der Waals surface area contributed by atoms with E-state index in [1.807, 2.05) is 6.92 Å². The molecule has 0 aromatic heterocycles. The normalized spacial score (nSPS) is 43.8. The minimum Gasteiger partial charge on any atom is -0.451 e. The van der Waals surface area contributed by atoms with Gasteiger partial charge in [0.2, 0.25) is 0 Å². The molecule has 180 valence electrons. The first-order chi connectivity index (χ1) is 15.3. The van der Waals surface area contributed by atoms with Gasteiger partial charge in [0.25, 0.3) is 0 Å². The average Bonchev–Trinajstić information content (AvgIpc) is 3.00. The summed E-state index contributed by atoms with van der Waals surface area (Å²) < 4.78 is 22.9. The largest absolute Gasteiger partial charge is 0.451 e. The second kappa shape index (κ2) is 7.69. The van der Waals surface area contributed by atoms with Crippen molar-refractivity contribution in [2.75, 3.05) is 0 Å². The van der Waals surface area contributed by atoms with Crippen LogP contribution in [0, 0.1) is 22.7 Å². The lowest BCUT2D eigenvalue weighted by Crippen LogP contribution is -2.69. The van der Waals surface area contributed by atoms with Gasteiger partial charge >= 0.3 is 5.97 Å². The number of alkyl halides is 1. The van der Waals surface area contributed by atoms with Crippen molar-refractivity contribution in [2.45, 2.75) is 90.0 Å². The van der Waals surface area contributed by atoms with E-state index in [0.29, 0.717) is 24.8 Å². The molecule has 4 aliphatic carbocycles. The number of aliphatic hydroxyl groups is 1. The van der Waals surface area contributed by atoms with Crippen molar-refractivity contribution in [3.8, 4) is 0 Å². The first-order valence-electron chi connectivity index (χ1n) is 11.9. The fourth-order valence-electron chi connectivity index (χ4n) is 7.62. The zero-order valence-corrected chi connectivity index (χ0v) is 19.8. The fourth-order valence-corrected chi connectivity index (χ4v) is 7.62. The van der Waals surface area contributed by atoms with Crippen LogP contribution in [0.4, 0.5) is 4.39 Å². The van der Waals surface area contributed by atoms with Gasteiger partial charge in [-0.15, -0.1) is 0 Å². The summed E-state index contributed by atoms with van der Waals surface area (Å²) in [6, 6.07) is 0. The Morgan fingerprint density at radius 2 is 1.85 bits per heavy atom. The molecule has 0 aliphatic heterocycles. The third-order valence-corrected chi connectivity index (χ3v) is 9.23. The molecule has 0 aromatic rings. The predicted molar refractivity (Wildman–Crippen MR) is 118 cm³/mol. The van der Waals surface area contributed by atoms with E-state index >= 15 is 4.39 Å². The van der Waals surface area contributed by atoms with Gasteiger partial charge in [-0.1, -0.05) is 18.6 Å². The number of rotatable bonds is 5. The summed E-state index contributed by atoms with van der Waals surface area (Å²) in [4.78, 5) is 49.1. The summed E-state index contributed by atoms with van der Waals surface area (Å²) in [6.45, 7) is 6.23. The molecular weight excluding hydrogens is 427 g/mol.